The number of anilines is 1. The van der Waals surface area contributed by atoms with Crippen molar-refractivity contribution in [1.82, 2.24) is 9.55 Å². The average Bonchev–Trinajstić information content (AvgIpc) is 2.49. The Balaban J connectivity index is 3.53. The van der Waals surface area contributed by atoms with Crippen molar-refractivity contribution in [2.45, 2.75) is 17.9 Å². The molecule has 1 aromatic rings. The zero-order valence-corrected chi connectivity index (χ0v) is 11.7. The predicted octanol–water partition coefficient (Wildman–Crippen LogP) is -2.08. The van der Waals surface area contributed by atoms with E-state index < -0.39 is 48.5 Å². The molecule has 8 nitrogen and oxygen atoms in total. The number of nitrogens with two attached hydrogens (primary N) is 2. The summed E-state index contributed by atoms with van der Waals surface area (Å²) in [4.78, 5) is 15.0. The highest BCUT2D eigenvalue weighted by Gasteiger charge is 2.41. The smallest absolute Gasteiger partial charge is 0.352 e. The zero-order chi connectivity index (χ0) is 16.9. The lowest BCUT2D eigenvalue weighted by atomic mass is 9.99. The van der Waals surface area contributed by atoms with Gasteiger partial charge in [0.15, 0.2) is 17.3 Å². The summed E-state index contributed by atoms with van der Waals surface area (Å²) in [5, 5.41) is 19.4. The number of nitrogens with zero attached hydrogens (tertiary/aromatic N) is 2. The minimum absolute atomic E-state index is 0.466. The van der Waals surface area contributed by atoms with E-state index in [1.807, 2.05) is 5.92 Å². The number of methoxy groups -OCH3 is 1. The van der Waals surface area contributed by atoms with Gasteiger partial charge in [-0.15, -0.1) is 0 Å². The summed E-state index contributed by atoms with van der Waals surface area (Å²) in [6, 6.07) is 0. The third kappa shape index (κ3) is 3.40. The predicted molar refractivity (Wildman–Crippen MR) is 72.7 cm³/mol. The fourth-order valence-corrected chi connectivity index (χ4v) is 1.75. The highest BCUT2D eigenvalue weighted by Crippen LogP contribution is 2.18. The minimum Gasteiger partial charge on any atom is -0.394 e. The second kappa shape index (κ2) is 7.28. The Morgan fingerprint density at radius 3 is 2.77 bits per heavy atom. The van der Waals surface area contributed by atoms with Crippen LogP contribution in [0.3, 0.4) is 0 Å². The van der Waals surface area contributed by atoms with E-state index in [0.717, 1.165) is 7.11 Å². The molecule has 6 N–H and O–H groups in total. The zero-order valence-electron chi connectivity index (χ0n) is 11.7. The third-order valence-corrected chi connectivity index (χ3v) is 2.95. The van der Waals surface area contributed by atoms with E-state index in [2.05, 4.69) is 10.9 Å². The van der Waals surface area contributed by atoms with Gasteiger partial charge in [0.1, 0.15) is 18.9 Å². The normalized spacial score (nSPS) is 16.3. The van der Waals surface area contributed by atoms with Crippen molar-refractivity contribution in [3.05, 3.63) is 22.5 Å². The molecule has 0 spiro atoms. The molecule has 0 aliphatic carbocycles. The largest absolute Gasteiger partial charge is 0.394 e. The van der Waals surface area contributed by atoms with Crippen LogP contribution in [0.15, 0.2) is 11.0 Å². The van der Waals surface area contributed by atoms with E-state index in [-0.39, 0.29) is 0 Å². The number of ether oxygens (including phenoxy) is 1. The van der Waals surface area contributed by atoms with Gasteiger partial charge in [0, 0.05) is 7.11 Å². The molecular weight excluding hydrogens is 302 g/mol. The summed E-state index contributed by atoms with van der Waals surface area (Å²) < 4.78 is 31.1. The number of aliphatic hydroxyl groups is 2. The third-order valence-electron chi connectivity index (χ3n) is 2.95. The van der Waals surface area contributed by atoms with Crippen molar-refractivity contribution in [3.8, 4) is 11.8 Å². The van der Waals surface area contributed by atoms with Gasteiger partial charge in [-0.3, -0.25) is 10.3 Å². The Hall–Kier alpha value is -2.06. The van der Waals surface area contributed by atoms with Crippen molar-refractivity contribution in [1.29, 1.82) is 0 Å². The molecule has 0 saturated heterocycles. The highest BCUT2D eigenvalue weighted by atomic mass is 19.1. The summed E-state index contributed by atoms with van der Waals surface area (Å²) in [7, 11) is 1.16. The first-order chi connectivity index (χ1) is 10.3. The minimum atomic E-state index is -2.28. The number of hydrogen-bond donors (Lipinski definition) is 4. The Kier molecular flexibility index (Phi) is 5.95. The van der Waals surface area contributed by atoms with Gasteiger partial charge in [0.05, 0.1) is 12.8 Å². The number of rotatable bonds is 5. The van der Waals surface area contributed by atoms with Gasteiger partial charge in [0.25, 0.3) is 0 Å². The number of halogens is 2. The molecule has 0 aromatic carbocycles. The Morgan fingerprint density at radius 1 is 1.64 bits per heavy atom. The standard InChI is InChI=1S/C12H16F2N4O4/c1-22-8(6-19)9(20)12(16,3-2-4-13)18-5-7(14)10(15)17-11(18)21/h5,8-9,19-20H,4,6,16H2,1H3,(H2,15,17,21). The Labute approximate surface area is 124 Å². The summed E-state index contributed by atoms with van der Waals surface area (Å²) in [5.41, 5.74) is 7.62. The first-order valence-electron chi connectivity index (χ1n) is 6.03. The SMILES string of the molecule is COC(CO)C(O)C(N)(C#CCF)n1cc(F)c(N)nc1=O. The van der Waals surface area contributed by atoms with Crippen LogP contribution < -0.4 is 17.2 Å². The molecule has 0 aliphatic rings. The van der Waals surface area contributed by atoms with E-state index in [1.54, 1.807) is 0 Å². The number of aliphatic hydroxyl groups excluding tert-OH is 2. The maximum atomic E-state index is 13.6. The molecule has 0 aliphatic heterocycles. The van der Waals surface area contributed by atoms with E-state index in [4.69, 9.17) is 21.3 Å². The summed E-state index contributed by atoms with van der Waals surface area (Å²) >= 11 is 0. The van der Waals surface area contributed by atoms with Gasteiger partial charge in [-0.1, -0.05) is 11.8 Å². The van der Waals surface area contributed by atoms with Crippen molar-refractivity contribution in [2.24, 2.45) is 5.73 Å². The first-order valence-corrected chi connectivity index (χ1v) is 6.03. The van der Waals surface area contributed by atoms with Gasteiger partial charge in [0.2, 0.25) is 0 Å². The van der Waals surface area contributed by atoms with Crippen LogP contribution in [0.5, 0.6) is 0 Å². The van der Waals surface area contributed by atoms with Gasteiger partial charge in [-0.05, 0) is 0 Å². The summed E-state index contributed by atoms with van der Waals surface area (Å²) in [5.74, 6) is 2.33. The van der Waals surface area contributed by atoms with Crippen LogP contribution in [0.2, 0.25) is 0 Å². The molecule has 0 bridgehead atoms. The fourth-order valence-electron chi connectivity index (χ4n) is 1.75. The number of aromatic nitrogens is 2. The average molecular weight is 318 g/mol. The monoisotopic (exact) mass is 318 g/mol. The molecule has 0 saturated carbocycles. The molecule has 1 heterocycles. The first kappa shape index (κ1) is 18.0. The van der Waals surface area contributed by atoms with E-state index >= 15 is 0 Å². The molecule has 122 valence electrons. The maximum Gasteiger partial charge on any atom is 0.352 e. The van der Waals surface area contributed by atoms with Crippen LogP contribution in [-0.2, 0) is 10.4 Å². The second-order valence-electron chi connectivity index (χ2n) is 4.29. The molecular formula is C12H16F2N4O4. The van der Waals surface area contributed by atoms with Crippen molar-refractivity contribution in [3.63, 3.8) is 0 Å². The molecule has 3 unspecified atom stereocenters. The Bertz CT molecular complexity index is 638. The molecule has 0 fully saturated rings. The van der Waals surface area contributed by atoms with Crippen molar-refractivity contribution in [2.75, 3.05) is 26.1 Å². The molecule has 1 aromatic heterocycles. The fraction of sp³-hybridized carbons (Fsp3) is 0.500. The van der Waals surface area contributed by atoms with Crippen molar-refractivity contribution >= 4 is 5.82 Å². The lowest BCUT2D eigenvalue weighted by Gasteiger charge is -2.34. The quantitative estimate of drug-likeness (QED) is 0.457. The summed E-state index contributed by atoms with van der Waals surface area (Å²) in [6.07, 6.45) is -2.46. The lowest BCUT2D eigenvalue weighted by Crippen LogP contribution is -2.61. The van der Waals surface area contributed by atoms with Gasteiger partial charge < -0.3 is 20.7 Å². The lowest BCUT2D eigenvalue weighted by molar-refractivity contribution is -0.0788. The van der Waals surface area contributed by atoms with Gasteiger partial charge in [-0.2, -0.15) is 4.98 Å². The van der Waals surface area contributed by atoms with Crippen LogP contribution in [0.4, 0.5) is 14.6 Å². The van der Waals surface area contributed by atoms with Gasteiger partial charge in [-0.25, -0.2) is 13.6 Å². The topological polar surface area (TPSA) is 137 Å². The molecule has 22 heavy (non-hydrogen) atoms. The van der Waals surface area contributed by atoms with E-state index in [1.165, 1.54) is 0 Å². The second-order valence-corrected chi connectivity index (χ2v) is 4.29. The van der Waals surface area contributed by atoms with Crippen molar-refractivity contribution < 1.29 is 23.7 Å². The van der Waals surface area contributed by atoms with Gasteiger partial charge >= 0.3 is 5.69 Å². The molecule has 0 radical (unpaired) electrons. The molecule has 3 atom stereocenters. The Morgan fingerprint density at radius 2 is 2.27 bits per heavy atom. The molecule has 1 rings (SSSR count). The highest BCUT2D eigenvalue weighted by molar-refractivity contribution is 5.28. The summed E-state index contributed by atoms with van der Waals surface area (Å²) in [6.45, 7) is -1.80. The molecule has 0 amide bonds. The van der Waals surface area contributed by atoms with Crippen LogP contribution >= 0.6 is 0 Å². The number of hydrogen-bond acceptors (Lipinski definition) is 7. The number of alkyl halides is 1. The van der Waals surface area contributed by atoms with Crippen LogP contribution in [0.25, 0.3) is 0 Å². The van der Waals surface area contributed by atoms with Crippen LogP contribution in [0.1, 0.15) is 0 Å². The van der Waals surface area contributed by atoms with Crippen LogP contribution in [-0.4, -0.2) is 52.4 Å². The maximum absolute atomic E-state index is 13.6. The van der Waals surface area contributed by atoms with E-state index in [0.29, 0.717) is 10.8 Å². The van der Waals surface area contributed by atoms with Crippen LogP contribution in [0, 0.1) is 17.7 Å². The van der Waals surface area contributed by atoms with E-state index in [9.17, 15) is 18.7 Å². The number of nitrogen functional groups attached to an aromatic ring is 1. The molecule has 10 heteroatoms.